The molecule has 0 bridgehead atoms. The second kappa shape index (κ2) is 11.8. The van der Waals surface area contributed by atoms with Crippen molar-refractivity contribution < 1.29 is 32.2 Å². The number of aromatic nitrogens is 5. The minimum atomic E-state index is -4.58. The maximum atomic E-state index is 13.3. The van der Waals surface area contributed by atoms with Crippen molar-refractivity contribution in [1.82, 2.24) is 35.4 Å². The van der Waals surface area contributed by atoms with E-state index in [0.29, 0.717) is 10.6 Å². The lowest BCUT2D eigenvalue weighted by atomic mass is 10.2. The van der Waals surface area contributed by atoms with Crippen LogP contribution in [-0.4, -0.2) is 68.6 Å². The Morgan fingerprint density at radius 1 is 1.12 bits per heavy atom. The number of hydrogen-bond donors (Lipinski definition) is 2. The largest absolute Gasteiger partial charge is 0.462 e. The molecule has 0 radical (unpaired) electrons. The van der Waals surface area contributed by atoms with Crippen molar-refractivity contribution in [1.29, 1.82) is 0 Å². The Morgan fingerprint density at radius 2 is 1.90 bits per heavy atom. The van der Waals surface area contributed by atoms with Gasteiger partial charge in [-0.3, -0.25) is 4.79 Å². The number of carbonyl (C=O) groups is 2. The highest BCUT2D eigenvalue weighted by atomic mass is 32.1. The standard InChI is InChI=1S/C24H31F3N8O4S/c1-5-6-14-11-15-18(34-8-9-35-16(13-34)32-33-20(35)24(25,26)27)30-21(31-19(15)40-14)38-10-7-28-17(36)12-29-22(37)39-23(2,3)4/h11H,5-10,12-13H2,1-4H3,(H,28,36)(H,29,37). The zero-order valence-corrected chi connectivity index (χ0v) is 23.4. The quantitative estimate of drug-likeness (QED) is 0.363. The summed E-state index contributed by atoms with van der Waals surface area (Å²) in [6.07, 6.45) is -3.49. The van der Waals surface area contributed by atoms with Crippen molar-refractivity contribution in [2.24, 2.45) is 0 Å². The number of alkyl carbamates (subject to hydrolysis) is 1. The molecule has 40 heavy (non-hydrogen) atoms. The second-order valence-corrected chi connectivity index (χ2v) is 11.2. The summed E-state index contributed by atoms with van der Waals surface area (Å²) in [5.41, 5.74) is -0.674. The van der Waals surface area contributed by atoms with Gasteiger partial charge in [0, 0.05) is 18.0 Å². The minimum absolute atomic E-state index is 0.0498. The number of alkyl halides is 3. The van der Waals surface area contributed by atoms with Crippen molar-refractivity contribution in [2.45, 2.75) is 65.4 Å². The summed E-state index contributed by atoms with van der Waals surface area (Å²) in [7, 11) is 0. The van der Waals surface area contributed by atoms with E-state index in [2.05, 4.69) is 37.7 Å². The molecule has 0 fully saturated rings. The van der Waals surface area contributed by atoms with Gasteiger partial charge in [0.2, 0.25) is 11.7 Å². The zero-order valence-electron chi connectivity index (χ0n) is 22.6. The molecule has 4 heterocycles. The summed E-state index contributed by atoms with van der Waals surface area (Å²) >= 11 is 1.50. The van der Waals surface area contributed by atoms with Crippen LogP contribution in [0.1, 0.15) is 50.6 Å². The highest BCUT2D eigenvalue weighted by Crippen LogP contribution is 2.35. The molecule has 0 aromatic carbocycles. The fraction of sp³-hybridized carbons (Fsp3) is 0.583. The lowest BCUT2D eigenvalue weighted by Gasteiger charge is -2.29. The van der Waals surface area contributed by atoms with E-state index >= 15 is 0 Å². The van der Waals surface area contributed by atoms with Gasteiger partial charge in [0.15, 0.2) is 5.82 Å². The molecule has 4 rings (SSSR count). The molecule has 0 saturated heterocycles. The molecule has 0 aliphatic carbocycles. The first-order valence-corrected chi connectivity index (χ1v) is 13.6. The normalized spacial score (nSPS) is 13.7. The molecule has 3 aromatic heterocycles. The molecule has 1 aliphatic heterocycles. The Kier molecular flexibility index (Phi) is 8.65. The van der Waals surface area contributed by atoms with E-state index in [9.17, 15) is 22.8 Å². The summed E-state index contributed by atoms with van der Waals surface area (Å²) in [5, 5.41) is 12.9. The molecule has 218 valence electrons. The molecule has 0 saturated carbocycles. The van der Waals surface area contributed by atoms with E-state index in [4.69, 9.17) is 9.47 Å². The number of thiophene rings is 1. The molecule has 3 aromatic rings. The van der Waals surface area contributed by atoms with Gasteiger partial charge < -0.3 is 29.6 Å². The van der Waals surface area contributed by atoms with Gasteiger partial charge in [-0.1, -0.05) is 13.3 Å². The number of aryl methyl sites for hydroxylation is 1. The van der Waals surface area contributed by atoms with E-state index in [1.54, 1.807) is 20.8 Å². The van der Waals surface area contributed by atoms with Gasteiger partial charge >= 0.3 is 18.3 Å². The molecule has 0 spiro atoms. The molecular formula is C24H31F3N8O4S. The first-order chi connectivity index (χ1) is 18.8. The number of nitrogens with one attached hydrogen (secondary N) is 2. The highest BCUT2D eigenvalue weighted by molar-refractivity contribution is 7.18. The van der Waals surface area contributed by atoms with Crippen molar-refractivity contribution in [2.75, 3.05) is 31.1 Å². The Balaban J connectivity index is 1.42. The third-order valence-corrected chi connectivity index (χ3v) is 6.74. The Hall–Kier alpha value is -3.69. The van der Waals surface area contributed by atoms with Gasteiger partial charge in [-0.2, -0.15) is 23.1 Å². The third kappa shape index (κ3) is 7.28. The maximum Gasteiger partial charge on any atom is 0.451 e. The first-order valence-electron chi connectivity index (χ1n) is 12.7. The van der Waals surface area contributed by atoms with E-state index in [-0.39, 0.29) is 51.2 Å². The van der Waals surface area contributed by atoms with Gasteiger partial charge in [0.25, 0.3) is 0 Å². The van der Waals surface area contributed by atoms with Crippen LogP contribution in [0.4, 0.5) is 23.8 Å². The van der Waals surface area contributed by atoms with E-state index in [1.807, 2.05) is 11.0 Å². The number of nitrogens with zero attached hydrogens (tertiary/aromatic N) is 6. The number of ether oxygens (including phenoxy) is 2. The van der Waals surface area contributed by atoms with Gasteiger partial charge in [-0.15, -0.1) is 21.5 Å². The van der Waals surface area contributed by atoms with E-state index < -0.39 is 29.6 Å². The number of amides is 2. The maximum absolute atomic E-state index is 13.3. The smallest absolute Gasteiger partial charge is 0.451 e. The summed E-state index contributed by atoms with van der Waals surface area (Å²) in [4.78, 5) is 36.4. The fourth-order valence-electron chi connectivity index (χ4n) is 4.02. The molecule has 0 unspecified atom stereocenters. The lowest BCUT2D eigenvalue weighted by molar-refractivity contribution is -0.147. The highest BCUT2D eigenvalue weighted by Gasteiger charge is 2.39. The number of anilines is 1. The summed E-state index contributed by atoms with van der Waals surface area (Å²) in [6.45, 7) is 7.56. The topological polar surface area (TPSA) is 136 Å². The Morgan fingerprint density at radius 3 is 2.60 bits per heavy atom. The van der Waals surface area contributed by atoms with Gasteiger partial charge in [0.05, 0.1) is 25.0 Å². The summed E-state index contributed by atoms with van der Waals surface area (Å²) < 4.78 is 51.7. The number of hydrogen-bond acceptors (Lipinski definition) is 10. The monoisotopic (exact) mass is 584 g/mol. The van der Waals surface area contributed by atoms with Crippen LogP contribution in [0, 0.1) is 0 Å². The predicted molar refractivity (Wildman–Crippen MR) is 140 cm³/mol. The molecule has 12 nitrogen and oxygen atoms in total. The van der Waals surface area contributed by atoms with Crippen LogP contribution in [0.2, 0.25) is 0 Å². The van der Waals surface area contributed by atoms with Crippen LogP contribution in [0.5, 0.6) is 6.01 Å². The van der Waals surface area contributed by atoms with Crippen molar-refractivity contribution in [3.05, 3.63) is 22.6 Å². The van der Waals surface area contributed by atoms with Gasteiger partial charge in [0.1, 0.15) is 22.9 Å². The summed E-state index contributed by atoms with van der Waals surface area (Å²) in [6, 6.07) is 2.08. The molecular weight excluding hydrogens is 553 g/mol. The molecule has 0 atom stereocenters. The van der Waals surface area contributed by atoms with Crippen LogP contribution < -0.4 is 20.3 Å². The van der Waals surface area contributed by atoms with Crippen LogP contribution in [0.15, 0.2) is 6.07 Å². The number of carbonyl (C=O) groups excluding carboxylic acids is 2. The fourth-order valence-corrected chi connectivity index (χ4v) is 5.14. The van der Waals surface area contributed by atoms with Crippen LogP contribution >= 0.6 is 11.3 Å². The van der Waals surface area contributed by atoms with Crippen LogP contribution in [0.25, 0.3) is 10.2 Å². The number of halogens is 3. The SMILES string of the molecule is CCCc1cc2c(N3CCn4c(nnc4C(F)(F)F)C3)nc(OCCNC(=O)CNC(=O)OC(C)(C)C)nc2s1. The number of fused-ring (bicyclic) bond motifs is 2. The molecule has 16 heteroatoms. The third-order valence-electron chi connectivity index (χ3n) is 5.65. The van der Waals surface area contributed by atoms with Crippen LogP contribution in [0.3, 0.4) is 0 Å². The van der Waals surface area contributed by atoms with E-state index in [1.165, 1.54) is 11.3 Å². The predicted octanol–water partition coefficient (Wildman–Crippen LogP) is 3.29. The molecule has 2 N–H and O–H groups in total. The number of rotatable bonds is 9. The summed E-state index contributed by atoms with van der Waals surface area (Å²) in [5.74, 6) is -0.709. The van der Waals surface area contributed by atoms with Crippen molar-refractivity contribution in [3.63, 3.8) is 0 Å². The first kappa shape index (κ1) is 29.3. The van der Waals surface area contributed by atoms with Gasteiger partial charge in [-0.25, -0.2) is 4.79 Å². The Labute approximate surface area is 232 Å². The lowest BCUT2D eigenvalue weighted by Crippen LogP contribution is -2.40. The van der Waals surface area contributed by atoms with Gasteiger partial charge in [-0.05, 0) is 33.3 Å². The van der Waals surface area contributed by atoms with Crippen molar-refractivity contribution >= 4 is 39.4 Å². The van der Waals surface area contributed by atoms with Crippen LogP contribution in [-0.2, 0) is 35.2 Å². The van der Waals surface area contributed by atoms with E-state index in [0.717, 1.165) is 27.7 Å². The molecule has 2 amide bonds. The Bertz CT molecular complexity index is 1370. The molecule has 1 aliphatic rings. The average molecular weight is 585 g/mol. The zero-order chi connectivity index (χ0) is 29.1. The second-order valence-electron chi connectivity index (χ2n) is 10.1. The minimum Gasteiger partial charge on any atom is -0.462 e. The average Bonchev–Trinajstić information content (AvgIpc) is 3.47. The van der Waals surface area contributed by atoms with Crippen molar-refractivity contribution in [3.8, 4) is 6.01 Å².